The van der Waals surface area contributed by atoms with Crippen LogP contribution in [0.15, 0.2) is 42.2 Å². The molecule has 0 aromatic heterocycles. The summed E-state index contributed by atoms with van der Waals surface area (Å²) in [4.78, 5) is 11.6. The highest BCUT2D eigenvalue weighted by molar-refractivity contribution is 5.82. The zero-order valence-electron chi connectivity index (χ0n) is 13.7. The Hall–Kier alpha value is -2.75. The lowest BCUT2D eigenvalue weighted by Crippen LogP contribution is -2.05. The standard InChI is InChI=1S/C20H18O4/c1-22-16-7-6-12-10-17-18(24-20(21)23-2)11-14-5-3-4-13(19(14)17)8-15(12)9-16/h3-7,9H,8,10-11H2,1-2H3. The molecule has 0 unspecified atom stereocenters. The van der Waals surface area contributed by atoms with Crippen molar-refractivity contribution in [3.63, 3.8) is 0 Å². The number of benzene rings is 2. The first-order chi connectivity index (χ1) is 11.7. The molecular weight excluding hydrogens is 304 g/mol. The van der Waals surface area contributed by atoms with Crippen LogP contribution in [0.25, 0.3) is 5.57 Å². The van der Waals surface area contributed by atoms with E-state index >= 15 is 0 Å². The number of methoxy groups -OCH3 is 2. The number of allylic oxidation sites excluding steroid dienone is 2. The minimum Gasteiger partial charge on any atom is -0.497 e. The molecule has 0 bridgehead atoms. The fraction of sp³-hybridized carbons (Fsp3) is 0.250. The predicted octanol–water partition coefficient (Wildman–Crippen LogP) is 3.89. The topological polar surface area (TPSA) is 44.8 Å². The van der Waals surface area contributed by atoms with Gasteiger partial charge in [-0.2, -0.15) is 0 Å². The highest BCUT2D eigenvalue weighted by Gasteiger charge is 2.30. The minimum absolute atomic E-state index is 0.638. The van der Waals surface area contributed by atoms with E-state index in [1.165, 1.54) is 34.9 Å². The normalized spacial score (nSPS) is 14.6. The Morgan fingerprint density at radius 1 is 0.917 bits per heavy atom. The minimum atomic E-state index is -0.661. The van der Waals surface area contributed by atoms with Gasteiger partial charge in [0.2, 0.25) is 0 Å². The van der Waals surface area contributed by atoms with Crippen molar-refractivity contribution in [1.29, 1.82) is 0 Å². The molecule has 0 aliphatic heterocycles. The van der Waals surface area contributed by atoms with Gasteiger partial charge in [-0.1, -0.05) is 24.3 Å². The van der Waals surface area contributed by atoms with E-state index in [4.69, 9.17) is 9.47 Å². The molecule has 0 saturated heterocycles. The van der Waals surface area contributed by atoms with Gasteiger partial charge in [0.05, 0.1) is 14.2 Å². The molecule has 122 valence electrons. The molecule has 0 N–H and O–H groups in total. The molecule has 2 aliphatic carbocycles. The number of carbonyl (C=O) groups is 1. The van der Waals surface area contributed by atoms with E-state index in [0.29, 0.717) is 12.2 Å². The number of fused-ring (bicyclic) bond motifs is 1. The van der Waals surface area contributed by atoms with Crippen LogP contribution in [0.2, 0.25) is 0 Å². The largest absolute Gasteiger partial charge is 0.513 e. The zero-order chi connectivity index (χ0) is 16.7. The number of rotatable bonds is 2. The van der Waals surface area contributed by atoms with Crippen LogP contribution >= 0.6 is 0 Å². The first-order valence-electron chi connectivity index (χ1n) is 7.94. The smallest absolute Gasteiger partial charge is 0.497 e. The van der Waals surface area contributed by atoms with Gasteiger partial charge in [0.25, 0.3) is 0 Å². The van der Waals surface area contributed by atoms with Gasteiger partial charge < -0.3 is 14.2 Å². The van der Waals surface area contributed by atoms with Crippen LogP contribution in [0.4, 0.5) is 4.79 Å². The van der Waals surface area contributed by atoms with Gasteiger partial charge in [-0.05, 0) is 46.4 Å². The quantitative estimate of drug-likeness (QED) is 0.787. The SMILES string of the molecule is COC(=O)OC1=C2Cc3ccc(OC)cc3Cc3cccc(c32)C1. The Bertz CT molecular complexity index is 864. The van der Waals surface area contributed by atoms with E-state index < -0.39 is 6.16 Å². The van der Waals surface area contributed by atoms with Crippen LogP contribution in [0.1, 0.15) is 27.8 Å². The van der Waals surface area contributed by atoms with Crippen LogP contribution in [-0.2, 0) is 28.7 Å². The summed E-state index contributed by atoms with van der Waals surface area (Å²) in [7, 11) is 3.01. The molecule has 0 atom stereocenters. The second-order valence-electron chi connectivity index (χ2n) is 6.07. The summed E-state index contributed by atoms with van der Waals surface area (Å²) in [5, 5.41) is 0. The molecule has 2 aromatic carbocycles. The molecule has 2 aromatic rings. The van der Waals surface area contributed by atoms with Crippen LogP contribution < -0.4 is 4.74 Å². The van der Waals surface area contributed by atoms with Crippen LogP contribution in [0, 0.1) is 0 Å². The molecule has 0 amide bonds. The summed E-state index contributed by atoms with van der Waals surface area (Å²) in [5.41, 5.74) is 7.28. The Morgan fingerprint density at radius 3 is 2.46 bits per heavy atom. The van der Waals surface area contributed by atoms with E-state index in [2.05, 4.69) is 35.1 Å². The number of carbonyl (C=O) groups excluding carboxylic acids is 1. The summed E-state index contributed by atoms with van der Waals surface area (Å²) in [6, 6.07) is 12.5. The predicted molar refractivity (Wildman–Crippen MR) is 90.1 cm³/mol. The highest BCUT2D eigenvalue weighted by atomic mass is 16.7. The van der Waals surface area contributed by atoms with Crippen molar-refractivity contribution in [1.82, 2.24) is 0 Å². The zero-order valence-corrected chi connectivity index (χ0v) is 13.7. The second-order valence-corrected chi connectivity index (χ2v) is 6.07. The van der Waals surface area contributed by atoms with Gasteiger partial charge in [0.15, 0.2) is 0 Å². The maximum atomic E-state index is 11.6. The van der Waals surface area contributed by atoms with Crippen molar-refractivity contribution in [2.45, 2.75) is 19.3 Å². The second kappa shape index (κ2) is 5.71. The molecule has 0 fully saturated rings. The fourth-order valence-corrected chi connectivity index (χ4v) is 3.64. The molecule has 0 radical (unpaired) electrons. The molecule has 0 heterocycles. The van der Waals surface area contributed by atoms with Crippen molar-refractivity contribution in [3.05, 3.63) is 70.0 Å². The summed E-state index contributed by atoms with van der Waals surface area (Å²) in [6.07, 6.45) is 1.57. The van der Waals surface area contributed by atoms with Crippen molar-refractivity contribution < 1.29 is 19.0 Å². The Kier molecular flexibility index (Phi) is 3.53. The van der Waals surface area contributed by atoms with E-state index in [0.717, 1.165) is 24.2 Å². The van der Waals surface area contributed by atoms with Gasteiger partial charge in [-0.15, -0.1) is 0 Å². The van der Waals surface area contributed by atoms with Gasteiger partial charge >= 0.3 is 6.16 Å². The third-order valence-corrected chi connectivity index (χ3v) is 4.76. The molecule has 4 nitrogen and oxygen atoms in total. The summed E-state index contributed by atoms with van der Waals surface area (Å²) >= 11 is 0. The van der Waals surface area contributed by atoms with Crippen molar-refractivity contribution in [2.24, 2.45) is 0 Å². The maximum Gasteiger partial charge on any atom is 0.513 e. The third kappa shape index (κ3) is 2.35. The Balaban J connectivity index is 1.85. The van der Waals surface area contributed by atoms with E-state index in [9.17, 15) is 4.79 Å². The summed E-state index contributed by atoms with van der Waals surface area (Å²) < 4.78 is 15.5. The maximum absolute atomic E-state index is 11.6. The molecule has 24 heavy (non-hydrogen) atoms. The lowest BCUT2D eigenvalue weighted by molar-refractivity contribution is 0.0965. The van der Waals surface area contributed by atoms with Crippen molar-refractivity contribution in [3.8, 4) is 5.75 Å². The van der Waals surface area contributed by atoms with E-state index in [1.807, 2.05) is 6.07 Å². The first-order valence-corrected chi connectivity index (χ1v) is 7.94. The van der Waals surface area contributed by atoms with Crippen LogP contribution in [0.5, 0.6) is 5.75 Å². The first kappa shape index (κ1) is 14.8. The molecule has 2 aliphatic rings. The van der Waals surface area contributed by atoms with Gasteiger partial charge in [-0.25, -0.2) is 4.79 Å². The monoisotopic (exact) mass is 322 g/mol. The lowest BCUT2D eigenvalue weighted by atomic mass is 9.97. The Labute approximate surface area is 140 Å². The summed E-state index contributed by atoms with van der Waals surface area (Å²) in [6.45, 7) is 0. The third-order valence-electron chi connectivity index (χ3n) is 4.76. The number of ether oxygens (including phenoxy) is 3. The molecule has 0 saturated carbocycles. The fourth-order valence-electron chi connectivity index (χ4n) is 3.64. The average Bonchev–Trinajstić information content (AvgIpc) is 2.84. The Morgan fingerprint density at radius 2 is 1.71 bits per heavy atom. The van der Waals surface area contributed by atoms with Gasteiger partial charge in [-0.3, -0.25) is 0 Å². The number of hydrogen-bond donors (Lipinski definition) is 0. The van der Waals surface area contributed by atoms with Crippen LogP contribution in [0.3, 0.4) is 0 Å². The van der Waals surface area contributed by atoms with Gasteiger partial charge in [0, 0.05) is 18.4 Å². The van der Waals surface area contributed by atoms with E-state index in [-0.39, 0.29) is 0 Å². The van der Waals surface area contributed by atoms with E-state index in [1.54, 1.807) is 7.11 Å². The summed E-state index contributed by atoms with van der Waals surface area (Å²) in [5.74, 6) is 1.56. The lowest BCUT2D eigenvalue weighted by Gasteiger charge is -2.10. The average molecular weight is 322 g/mol. The van der Waals surface area contributed by atoms with Crippen molar-refractivity contribution in [2.75, 3.05) is 14.2 Å². The molecular formula is C20H18O4. The van der Waals surface area contributed by atoms with Crippen molar-refractivity contribution >= 4 is 11.7 Å². The van der Waals surface area contributed by atoms with Crippen LogP contribution in [-0.4, -0.2) is 20.4 Å². The number of hydrogen-bond acceptors (Lipinski definition) is 4. The molecule has 4 heteroatoms. The highest BCUT2D eigenvalue weighted by Crippen LogP contribution is 2.42. The molecule has 4 rings (SSSR count). The van der Waals surface area contributed by atoms with Gasteiger partial charge in [0.1, 0.15) is 11.5 Å². The molecule has 0 spiro atoms.